The summed E-state index contributed by atoms with van der Waals surface area (Å²) in [7, 11) is 0. The number of halogens is 2. The number of aromatic amines is 2. The summed E-state index contributed by atoms with van der Waals surface area (Å²) < 4.78 is 35.1. The number of aryl methyl sites for hydroxylation is 2. The lowest BCUT2D eigenvalue weighted by Crippen LogP contribution is -1.93. The fourth-order valence-electron chi connectivity index (χ4n) is 3.18. The van der Waals surface area contributed by atoms with Crippen LogP contribution in [-0.4, -0.2) is 36.6 Å². The van der Waals surface area contributed by atoms with E-state index in [1.54, 1.807) is 42.9 Å². The highest BCUT2D eigenvalue weighted by atomic mass is 19.1. The normalized spacial score (nSPS) is 9.95. The zero-order valence-electron chi connectivity index (χ0n) is 20.4. The summed E-state index contributed by atoms with van der Waals surface area (Å²) in [4.78, 5) is 18.2. The summed E-state index contributed by atoms with van der Waals surface area (Å²) in [6.07, 6.45) is 5.34. The van der Waals surface area contributed by atoms with E-state index in [0.29, 0.717) is 35.0 Å². The molecule has 0 unspecified atom stereocenters. The topological polar surface area (TPSA) is 153 Å². The molecule has 0 radical (unpaired) electrons. The van der Waals surface area contributed by atoms with Gasteiger partial charge in [0.15, 0.2) is 17.3 Å². The van der Waals surface area contributed by atoms with E-state index in [0.717, 1.165) is 24.2 Å². The van der Waals surface area contributed by atoms with E-state index in [1.807, 2.05) is 6.07 Å². The molecule has 40 heavy (non-hydrogen) atoms. The van der Waals surface area contributed by atoms with E-state index in [4.69, 9.17) is 14.6 Å². The minimum absolute atomic E-state index is 0. The van der Waals surface area contributed by atoms with Crippen LogP contribution in [0.5, 0.6) is 0 Å². The number of nitrogens with two attached hydrogens (primary N) is 1. The number of benzene rings is 2. The maximum absolute atomic E-state index is 12.8. The lowest BCUT2D eigenvalue weighted by atomic mass is 10.1. The molecule has 0 fully saturated rings. The van der Waals surface area contributed by atoms with E-state index < -0.39 is 0 Å². The summed E-state index contributed by atoms with van der Waals surface area (Å²) in [6.45, 7) is 0. The number of nitrogens with zero attached hydrogens (tertiary/aromatic N) is 4. The van der Waals surface area contributed by atoms with Crippen molar-refractivity contribution < 1.29 is 22.4 Å². The number of H-pyrrole nitrogens is 2. The Morgan fingerprint density at radius 2 is 1.40 bits per heavy atom. The Labute approximate surface area is 228 Å². The molecule has 0 amide bonds. The first kappa shape index (κ1) is 29.2. The predicted octanol–water partition coefficient (Wildman–Crippen LogP) is 5.91. The van der Waals surface area contributed by atoms with Gasteiger partial charge in [-0.1, -0.05) is 19.6 Å². The zero-order valence-corrected chi connectivity index (χ0v) is 20.4. The van der Waals surface area contributed by atoms with Gasteiger partial charge in [-0.05, 0) is 72.6 Å². The van der Waals surface area contributed by atoms with Gasteiger partial charge in [0.1, 0.15) is 23.7 Å². The quantitative estimate of drug-likeness (QED) is 0.218. The number of carbonyl (C=O) groups excluding carboxylic acids is 1. The van der Waals surface area contributed by atoms with Crippen molar-refractivity contribution >= 4 is 12.2 Å². The minimum Gasteiger partial charge on any atom is -0.461 e. The summed E-state index contributed by atoms with van der Waals surface area (Å²) in [5.41, 5.74) is 6.85. The number of aromatic nitrogens is 6. The Bertz CT molecular complexity index is 1540. The van der Waals surface area contributed by atoms with Crippen molar-refractivity contribution in [3.8, 4) is 23.2 Å². The molecule has 0 aliphatic carbocycles. The van der Waals surface area contributed by atoms with Crippen LogP contribution in [0.15, 0.2) is 94.2 Å². The molecule has 0 spiro atoms. The van der Waals surface area contributed by atoms with Gasteiger partial charge in [0.05, 0.1) is 12.5 Å². The standard InChI is InChI=1S/C14H12FN3O.C7H5FO.C6H6N4O.CH4/c15-11-6-3-10(4-7-11)5-8-13-16-14(18-17-13)12-2-1-9-19-12;8-7-3-1-6(5-9)2-4-7;7-6-8-5(9-10-6)4-2-1-3-11-4;/h1-4,6-7,9H,5,8H2,(H,16,17,18);1-5H;1-3H,(H3,7,8,9,10);1H4. The molecule has 4 aromatic heterocycles. The number of nitrogen functional groups attached to an aromatic ring is 1. The molecule has 206 valence electrons. The van der Waals surface area contributed by atoms with Crippen LogP contribution in [0.25, 0.3) is 23.2 Å². The van der Waals surface area contributed by atoms with Gasteiger partial charge in [0.25, 0.3) is 0 Å². The molecule has 0 aliphatic rings. The third kappa shape index (κ3) is 8.58. The maximum Gasteiger partial charge on any atom is 0.239 e. The van der Waals surface area contributed by atoms with E-state index in [2.05, 4.69) is 30.4 Å². The van der Waals surface area contributed by atoms with Crippen LogP contribution in [0.2, 0.25) is 0 Å². The molecule has 6 aromatic rings. The fourth-order valence-corrected chi connectivity index (χ4v) is 3.18. The first-order valence-electron chi connectivity index (χ1n) is 11.6. The molecule has 0 saturated heterocycles. The van der Waals surface area contributed by atoms with E-state index >= 15 is 0 Å². The van der Waals surface area contributed by atoms with Crippen molar-refractivity contribution in [1.82, 2.24) is 30.4 Å². The van der Waals surface area contributed by atoms with Crippen LogP contribution in [0.1, 0.15) is 29.2 Å². The molecule has 4 N–H and O–H groups in total. The van der Waals surface area contributed by atoms with E-state index in [1.165, 1.54) is 36.4 Å². The lowest BCUT2D eigenvalue weighted by molar-refractivity contribution is 0.112. The fraction of sp³-hybridized carbons (Fsp3) is 0.107. The second-order valence-electron chi connectivity index (χ2n) is 7.90. The van der Waals surface area contributed by atoms with E-state index in [9.17, 15) is 13.6 Å². The third-order valence-electron chi connectivity index (χ3n) is 5.10. The van der Waals surface area contributed by atoms with Crippen molar-refractivity contribution in [2.45, 2.75) is 20.3 Å². The van der Waals surface area contributed by atoms with Crippen molar-refractivity contribution in [3.05, 3.63) is 114 Å². The summed E-state index contributed by atoms with van der Waals surface area (Å²) in [5, 5.41) is 13.3. The number of hydrogen-bond acceptors (Lipinski definition) is 8. The number of nitrogens with one attached hydrogen (secondary N) is 2. The predicted molar refractivity (Wildman–Crippen MR) is 145 cm³/mol. The van der Waals surface area contributed by atoms with Gasteiger partial charge in [-0.15, -0.1) is 5.10 Å². The molecule has 6 rings (SSSR count). The SMILES string of the molecule is C.Fc1ccc(CCc2nc(-c3ccco3)n[nH]2)cc1.Nc1n[nH]c(-c2ccco2)n1.O=Cc1ccc(F)cc1. The van der Waals surface area contributed by atoms with Gasteiger partial charge in [0, 0.05) is 12.0 Å². The molecule has 0 bridgehead atoms. The number of carbonyl (C=O) groups is 1. The van der Waals surface area contributed by atoms with Crippen LogP contribution in [-0.2, 0) is 12.8 Å². The van der Waals surface area contributed by atoms with Gasteiger partial charge in [-0.3, -0.25) is 15.0 Å². The van der Waals surface area contributed by atoms with Gasteiger partial charge in [0.2, 0.25) is 11.8 Å². The Balaban J connectivity index is 0.000000179. The number of aldehydes is 1. The van der Waals surface area contributed by atoms with Gasteiger partial charge < -0.3 is 14.6 Å². The third-order valence-corrected chi connectivity index (χ3v) is 5.10. The highest BCUT2D eigenvalue weighted by Gasteiger charge is 2.08. The number of rotatable bonds is 6. The maximum atomic E-state index is 12.8. The molecule has 0 aliphatic heterocycles. The van der Waals surface area contributed by atoms with Crippen molar-refractivity contribution in [1.29, 1.82) is 0 Å². The van der Waals surface area contributed by atoms with Crippen LogP contribution >= 0.6 is 0 Å². The van der Waals surface area contributed by atoms with Gasteiger partial charge in [-0.2, -0.15) is 10.1 Å². The smallest absolute Gasteiger partial charge is 0.239 e. The second-order valence-corrected chi connectivity index (χ2v) is 7.90. The van der Waals surface area contributed by atoms with Crippen molar-refractivity contribution in [2.24, 2.45) is 0 Å². The van der Waals surface area contributed by atoms with Crippen LogP contribution < -0.4 is 5.73 Å². The van der Waals surface area contributed by atoms with Crippen molar-refractivity contribution in [2.75, 3.05) is 5.73 Å². The minimum atomic E-state index is -0.319. The van der Waals surface area contributed by atoms with Crippen molar-refractivity contribution in [3.63, 3.8) is 0 Å². The first-order chi connectivity index (χ1) is 19.0. The second kappa shape index (κ2) is 14.5. The number of hydrogen-bond donors (Lipinski definition) is 3. The Hall–Kier alpha value is -5.39. The summed E-state index contributed by atoms with van der Waals surface area (Å²) in [6, 6.07) is 19.0. The largest absolute Gasteiger partial charge is 0.461 e. The Morgan fingerprint density at radius 3 is 1.95 bits per heavy atom. The molecule has 10 nitrogen and oxygen atoms in total. The molecule has 0 atom stereocenters. The molecular weight excluding hydrogens is 520 g/mol. The average Bonchev–Trinajstić information content (AvgIpc) is 3.77. The monoisotopic (exact) mass is 547 g/mol. The molecule has 2 aromatic carbocycles. The average molecular weight is 548 g/mol. The Morgan fingerprint density at radius 1 is 0.775 bits per heavy atom. The van der Waals surface area contributed by atoms with Gasteiger partial charge >= 0.3 is 0 Å². The molecule has 4 heterocycles. The molecular formula is C28H27F2N7O3. The molecule has 12 heteroatoms. The summed E-state index contributed by atoms with van der Waals surface area (Å²) in [5.74, 6) is 2.85. The Kier molecular flexibility index (Phi) is 10.6. The molecule has 0 saturated carbocycles. The number of anilines is 1. The van der Waals surface area contributed by atoms with E-state index in [-0.39, 0.29) is 25.0 Å². The van der Waals surface area contributed by atoms with Crippen LogP contribution in [0.3, 0.4) is 0 Å². The lowest BCUT2D eigenvalue weighted by Gasteiger charge is -1.98. The van der Waals surface area contributed by atoms with Crippen LogP contribution in [0.4, 0.5) is 14.7 Å². The highest BCUT2D eigenvalue weighted by molar-refractivity contribution is 5.74. The van der Waals surface area contributed by atoms with Gasteiger partial charge in [-0.25, -0.2) is 13.8 Å². The zero-order chi connectivity index (χ0) is 27.5. The number of furan rings is 2. The van der Waals surface area contributed by atoms with Crippen LogP contribution in [0, 0.1) is 11.6 Å². The highest BCUT2D eigenvalue weighted by Crippen LogP contribution is 2.16. The first-order valence-corrected chi connectivity index (χ1v) is 11.6. The summed E-state index contributed by atoms with van der Waals surface area (Å²) >= 11 is 0.